The largest absolute Gasteiger partial charge is 0.468 e. The van der Waals surface area contributed by atoms with Crippen LogP contribution in [0.2, 0.25) is 0 Å². The van der Waals surface area contributed by atoms with Gasteiger partial charge in [0, 0.05) is 12.0 Å². The summed E-state index contributed by atoms with van der Waals surface area (Å²) in [4.78, 5) is 11.3. The molecule has 1 fully saturated rings. The van der Waals surface area contributed by atoms with Crippen molar-refractivity contribution in [2.45, 2.75) is 32.7 Å². The highest BCUT2D eigenvalue weighted by Crippen LogP contribution is 2.60. The second-order valence-electron chi connectivity index (χ2n) is 4.70. The standard InChI is InChI=1S/C10H19NO3/c1-9(2,6-12)10(4-5-10)7(11)8(13)14-3/h7,12H,4-6,11H2,1-3H3. The third-order valence-corrected chi connectivity index (χ3v) is 3.58. The Morgan fingerprint density at radius 3 is 2.43 bits per heavy atom. The number of methoxy groups -OCH3 is 1. The van der Waals surface area contributed by atoms with Gasteiger partial charge in [0.05, 0.1) is 7.11 Å². The van der Waals surface area contributed by atoms with Crippen LogP contribution in [-0.4, -0.2) is 30.8 Å². The van der Waals surface area contributed by atoms with Crippen molar-refractivity contribution < 1.29 is 14.6 Å². The minimum absolute atomic E-state index is 0.0394. The zero-order chi connectivity index (χ0) is 11.0. The summed E-state index contributed by atoms with van der Waals surface area (Å²) in [6.07, 6.45) is 1.77. The Morgan fingerprint density at radius 1 is 1.64 bits per heavy atom. The molecule has 0 aromatic carbocycles. The fourth-order valence-corrected chi connectivity index (χ4v) is 2.05. The fraction of sp³-hybridized carbons (Fsp3) is 0.900. The summed E-state index contributed by atoms with van der Waals surface area (Å²) in [6, 6.07) is -0.616. The molecule has 0 radical (unpaired) electrons. The predicted octanol–water partition coefficient (Wildman–Crippen LogP) is 0.285. The molecular weight excluding hydrogens is 182 g/mol. The maximum Gasteiger partial charge on any atom is 0.323 e. The number of hydrogen-bond donors (Lipinski definition) is 2. The van der Waals surface area contributed by atoms with Crippen molar-refractivity contribution in [3.8, 4) is 0 Å². The lowest BCUT2D eigenvalue weighted by Crippen LogP contribution is -2.48. The molecule has 0 bridgehead atoms. The summed E-state index contributed by atoms with van der Waals surface area (Å²) >= 11 is 0. The normalized spacial score (nSPS) is 21.5. The van der Waals surface area contributed by atoms with E-state index in [1.807, 2.05) is 13.8 Å². The van der Waals surface area contributed by atoms with Crippen molar-refractivity contribution >= 4 is 5.97 Å². The van der Waals surface area contributed by atoms with Crippen molar-refractivity contribution in [1.29, 1.82) is 0 Å². The van der Waals surface area contributed by atoms with Gasteiger partial charge in [0.2, 0.25) is 0 Å². The highest BCUT2D eigenvalue weighted by Gasteiger charge is 2.60. The van der Waals surface area contributed by atoms with Gasteiger partial charge < -0.3 is 15.6 Å². The highest BCUT2D eigenvalue weighted by molar-refractivity contribution is 5.77. The molecule has 1 rings (SSSR count). The molecule has 4 heteroatoms. The van der Waals surface area contributed by atoms with E-state index in [9.17, 15) is 9.90 Å². The van der Waals surface area contributed by atoms with E-state index >= 15 is 0 Å². The molecule has 1 saturated carbocycles. The fourth-order valence-electron chi connectivity index (χ4n) is 2.05. The maximum atomic E-state index is 11.3. The SMILES string of the molecule is COC(=O)C(N)C1(C(C)(C)CO)CC1. The van der Waals surface area contributed by atoms with Crippen LogP contribution in [-0.2, 0) is 9.53 Å². The topological polar surface area (TPSA) is 72.5 Å². The molecule has 1 atom stereocenters. The number of rotatable bonds is 4. The summed E-state index contributed by atoms with van der Waals surface area (Å²) in [5.41, 5.74) is 5.26. The molecule has 0 aliphatic heterocycles. The molecule has 0 saturated heterocycles. The molecule has 0 aromatic heterocycles. The number of esters is 1. The Kier molecular flexibility index (Phi) is 2.88. The van der Waals surface area contributed by atoms with Crippen LogP contribution >= 0.6 is 0 Å². The van der Waals surface area contributed by atoms with Crippen LogP contribution in [0.4, 0.5) is 0 Å². The highest BCUT2D eigenvalue weighted by atomic mass is 16.5. The minimum Gasteiger partial charge on any atom is -0.468 e. The maximum absolute atomic E-state index is 11.3. The van der Waals surface area contributed by atoms with Crippen LogP contribution in [0.15, 0.2) is 0 Å². The third kappa shape index (κ3) is 1.53. The monoisotopic (exact) mass is 201 g/mol. The second-order valence-corrected chi connectivity index (χ2v) is 4.70. The van der Waals surface area contributed by atoms with Crippen molar-refractivity contribution in [1.82, 2.24) is 0 Å². The van der Waals surface area contributed by atoms with Crippen molar-refractivity contribution in [3.05, 3.63) is 0 Å². The summed E-state index contributed by atoms with van der Waals surface area (Å²) in [7, 11) is 1.34. The van der Waals surface area contributed by atoms with Gasteiger partial charge in [-0.25, -0.2) is 0 Å². The van der Waals surface area contributed by atoms with Crippen LogP contribution in [0.25, 0.3) is 0 Å². The van der Waals surface area contributed by atoms with Gasteiger partial charge in [-0.3, -0.25) is 4.79 Å². The van der Waals surface area contributed by atoms with Gasteiger partial charge in [0.15, 0.2) is 0 Å². The second kappa shape index (κ2) is 3.51. The molecule has 4 nitrogen and oxygen atoms in total. The molecule has 1 aliphatic rings. The predicted molar refractivity (Wildman–Crippen MR) is 52.5 cm³/mol. The Balaban J connectivity index is 2.81. The van der Waals surface area contributed by atoms with Gasteiger partial charge in [0.25, 0.3) is 0 Å². The van der Waals surface area contributed by atoms with Gasteiger partial charge >= 0.3 is 5.97 Å². The quantitative estimate of drug-likeness (QED) is 0.641. The van der Waals surface area contributed by atoms with Crippen molar-refractivity contribution in [2.24, 2.45) is 16.6 Å². The summed E-state index contributed by atoms with van der Waals surface area (Å²) < 4.78 is 4.63. The van der Waals surface area contributed by atoms with Gasteiger partial charge in [-0.05, 0) is 18.3 Å². The first-order valence-corrected chi connectivity index (χ1v) is 4.85. The molecule has 82 valence electrons. The zero-order valence-corrected chi connectivity index (χ0v) is 9.04. The number of hydrogen-bond acceptors (Lipinski definition) is 4. The average molecular weight is 201 g/mol. The van der Waals surface area contributed by atoms with Gasteiger partial charge in [-0.2, -0.15) is 0 Å². The first-order valence-electron chi connectivity index (χ1n) is 4.85. The Hall–Kier alpha value is -0.610. The van der Waals surface area contributed by atoms with E-state index in [0.717, 1.165) is 12.8 Å². The molecule has 0 aromatic rings. The zero-order valence-electron chi connectivity index (χ0n) is 9.04. The number of nitrogens with two attached hydrogens (primary N) is 1. The summed E-state index contributed by atoms with van der Waals surface area (Å²) in [5.74, 6) is -0.385. The summed E-state index contributed by atoms with van der Waals surface area (Å²) in [6.45, 7) is 3.91. The van der Waals surface area contributed by atoms with Crippen LogP contribution in [0.5, 0.6) is 0 Å². The van der Waals surface area contributed by atoms with E-state index in [0.29, 0.717) is 0 Å². The molecule has 3 N–H and O–H groups in total. The number of ether oxygens (including phenoxy) is 1. The van der Waals surface area contributed by atoms with Gasteiger partial charge in [-0.15, -0.1) is 0 Å². The number of carbonyl (C=O) groups excluding carboxylic acids is 1. The first-order chi connectivity index (χ1) is 6.41. The Labute approximate surface area is 84.4 Å². The minimum atomic E-state index is -0.616. The Bertz CT molecular complexity index is 234. The van der Waals surface area contributed by atoms with E-state index in [-0.39, 0.29) is 23.4 Å². The van der Waals surface area contributed by atoms with Crippen LogP contribution < -0.4 is 5.73 Å². The van der Waals surface area contributed by atoms with Crippen molar-refractivity contribution in [2.75, 3.05) is 13.7 Å². The van der Waals surface area contributed by atoms with Crippen LogP contribution in [0, 0.1) is 10.8 Å². The number of carbonyl (C=O) groups is 1. The van der Waals surface area contributed by atoms with E-state index in [1.165, 1.54) is 7.11 Å². The van der Waals surface area contributed by atoms with E-state index < -0.39 is 6.04 Å². The van der Waals surface area contributed by atoms with Crippen LogP contribution in [0.1, 0.15) is 26.7 Å². The summed E-state index contributed by atoms with van der Waals surface area (Å²) in [5, 5.41) is 9.27. The van der Waals surface area contributed by atoms with Gasteiger partial charge in [0.1, 0.15) is 6.04 Å². The molecule has 14 heavy (non-hydrogen) atoms. The van der Waals surface area contributed by atoms with E-state index in [4.69, 9.17) is 5.73 Å². The smallest absolute Gasteiger partial charge is 0.323 e. The molecular formula is C10H19NO3. The average Bonchev–Trinajstić information content (AvgIpc) is 2.96. The molecule has 0 amide bonds. The lowest BCUT2D eigenvalue weighted by Gasteiger charge is -2.36. The van der Waals surface area contributed by atoms with Crippen LogP contribution in [0.3, 0.4) is 0 Å². The number of aliphatic hydroxyl groups excluding tert-OH is 1. The number of aliphatic hydroxyl groups is 1. The lowest BCUT2D eigenvalue weighted by molar-refractivity contribution is -0.146. The molecule has 0 heterocycles. The third-order valence-electron chi connectivity index (χ3n) is 3.58. The van der Waals surface area contributed by atoms with Gasteiger partial charge in [-0.1, -0.05) is 13.8 Å². The van der Waals surface area contributed by atoms with Crippen molar-refractivity contribution in [3.63, 3.8) is 0 Å². The van der Waals surface area contributed by atoms with E-state index in [1.54, 1.807) is 0 Å². The first kappa shape index (κ1) is 11.5. The molecule has 0 spiro atoms. The Morgan fingerprint density at radius 2 is 2.14 bits per heavy atom. The van der Waals surface area contributed by atoms with E-state index in [2.05, 4.69) is 4.74 Å². The molecule has 1 unspecified atom stereocenters. The lowest BCUT2D eigenvalue weighted by atomic mass is 9.72. The molecule has 1 aliphatic carbocycles.